The monoisotopic (exact) mass is 650 g/mol. The number of benzene rings is 8. The van der Waals surface area contributed by atoms with E-state index < -0.39 is 29.6 Å². The van der Waals surface area contributed by atoms with E-state index in [1.54, 1.807) is 0 Å². The zero-order chi connectivity index (χ0) is 43.8. The van der Waals surface area contributed by atoms with E-state index in [1.807, 2.05) is 115 Å². The number of nitrogens with zero attached hydrogens (tertiary/aromatic N) is 2. The van der Waals surface area contributed by atoms with Crippen LogP contribution in [0.4, 0.5) is 0 Å². The standard InChI is InChI=1S/C48H34N2/c1-48(2)41-24-11-10-19-35(41)36-28-27-33(30-42(36)48)46-39-22-8-6-20-37(39)45(38-21-7-9-23-40(38)46)32-17-14-18-34(29-32)50-44-26-13-12-25-43(44)49-47(50)31-15-4-3-5-16-31/h3-30H,1-2H3/i3D,4D,5D,10D,11D,15D,16D,19D,24D,27D,28D,30D. The van der Waals surface area contributed by atoms with Crippen LogP contribution in [0.1, 0.15) is 41.4 Å². The first-order chi connectivity index (χ1) is 29.6. The lowest BCUT2D eigenvalue weighted by molar-refractivity contribution is 0.660. The van der Waals surface area contributed by atoms with E-state index in [2.05, 4.69) is 0 Å². The average Bonchev–Trinajstić information content (AvgIpc) is 3.77. The molecule has 0 N–H and O–H groups in total. The number of fused-ring (bicyclic) bond motifs is 6. The van der Waals surface area contributed by atoms with Crippen molar-refractivity contribution in [3.63, 3.8) is 0 Å². The molecule has 1 aliphatic carbocycles. The highest BCUT2D eigenvalue weighted by Crippen LogP contribution is 2.51. The fourth-order valence-corrected chi connectivity index (χ4v) is 7.61. The summed E-state index contributed by atoms with van der Waals surface area (Å²) in [5.74, 6) is 0.192. The predicted molar refractivity (Wildman–Crippen MR) is 210 cm³/mol. The largest absolute Gasteiger partial charge is 0.292 e. The number of aromatic nitrogens is 2. The van der Waals surface area contributed by atoms with E-state index in [-0.39, 0.29) is 76.4 Å². The lowest BCUT2D eigenvalue weighted by atomic mass is 9.80. The molecule has 0 unspecified atom stereocenters. The van der Waals surface area contributed by atoms with Crippen LogP contribution in [0.2, 0.25) is 0 Å². The summed E-state index contributed by atoms with van der Waals surface area (Å²) in [5.41, 5.74) is 4.24. The van der Waals surface area contributed by atoms with Gasteiger partial charge in [-0.3, -0.25) is 4.57 Å². The van der Waals surface area contributed by atoms with Crippen LogP contribution in [0.25, 0.3) is 83.0 Å². The van der Waals surface area contributed by atoms with Gasteiger partial charge in [-0.1, -0.05) is 153 Å². The minimum Gasteiger partial charge on any atom is -0.292 e. The third kappa shape index (κ3) is 4.18. The van der Waals surface area contributed by atoms with E-state index in [0.717, 1.165) is 32.7 Å². The normalized spacial score (nSPS) is 16.5. The molecule has 0 amide bonds. The maximum Gasteiger partial charge on any atom is 0.145 e. The molecule has 0 radical (unpaired) electrons. The second kappa shape index (κ2) is 10.9. The Hall–Kier alpha value is -6.25. The summed E-state index contributed by atoms with van der Waals surface area (Å²) in [4.78, 5) is 4.83. The third-order valence-corrected chi connectivity index (χ3v) is 9.86. The van der Waals surface area contributed by atoms with Crippen LogP contribution in [0.5, 0.6) is 0 Å². The Kier molecular flexibility index (Phi) is 4.15. The van der Waals surface area contributed by atoms with Gasteiger partial charge in [0.05, 0.1) is 27.5 Å². The highest BCUT2D eigenvalue weighted by molar-refractivity contribution is 6.21. The van der Waals surface area contributed by atoms with E-state index in [9.17, 15) is 4.11 Å². The molecular weight excluding hydrogens is 605 g/mol. The van der Waals surface area contributed by atoms with Gasteiger partial charge in [-0.05, 0) is 96.4 Å². The Balaban J connectivity index is 1.25. The van der Waals surface area contributed by atoms with Crippen molar-refractivity contribution in [2.24, 2.45) is 0 Å². The average molecular weight is 651 g/mol. The summed E-state index contributed by atoms with van der Waals surface area (Å²) in [7, 11) is 0. The van der Waals surface area contributed by atoms with Crippen LogP contribution in [-0.2, 0) is 5.41 Å². The minimum absolute atomic E-state index is 0.0173. The SMILES string of the molecule is [2H]c1c([2H])c([2H])c(-c2nc3ccccc3n2-c2cccc(-c3c4ccccc4c(-c4c([2H])c([2H])c5c(c4[2H])C(C)(C)c4c([2H])c([2H])c([2H])c([2H])c4-5)c4ccccc34)c2)c([2H])c1[2H]. The number of imidazole rings is 1. The molecule has 0 aliphatic heterocycles. The molecule has 8 aromatic carbocycles. The Bertz CT molecular complexity index is 3390. The molecule has 9 aromatic rings. The number of hydrogen-bond donors (Lipinski definition) is 0. The van der Waals surface area contributed by atoms with Crippen LogP contribution in [0.15, 0.2) is 170 Å². The van der Waals surface area contributed by atoms with Crippen molar-refractivity contribution in [2.75, 3.05) is 0 Å². The van der Waals surface area contributed by atoms with Crippen LogP contribution in [-0.4, -0.2) is 9.55 Å². The van der Waals surface area contributed by atoms with Crippen molar-refractivity contribution >= 4 is 32.6 Å². The second-order valence-corrected chi connectivity index (χ2v) is 13.0. The van der Waals surface area contributed by atoms with Gasteiger partial charge in [0.1, 0.15) is 5.82 Å². The molecule has 1 heterocycles. The maximum atomic E-state index is 9.89. The number of hydrogen-bond acceptors (Lipinski definition) is 1. The topological polar surface area (TPSA) is 17.8 Å². The van der Waals surface area contributed by atoms with Gasteiger partial charge < -0.3 is 0 Å². The molecule has 0 fully saturated rings. The van der Waals surface area contributed by atoms with Gasteiger partial charge in [0.15, 0.2) is 0 Å². The lowest BCUT2D eigenvalue weighted by Gasteiger charge is -2.23. The molecule has 50 heavy (non-hydrogen) atoms. The van der Waals surface area contributed by atoms with Crippen LogP contribution < -0.4 is 0 Å². The molecule has 0 saturated heterocycles. The molecule has 1 aliphatic rings. The Morgan fingerprint density at radius 1 is 0.540 bits per heavy atom. The first-order valence-corrected chi connectivity index (χ1v) is 16.4. The van der Waals surface area contributed by atoms with Gasteiger partial charge >= 0.3 is 0 Å². The van der Waals surface area contributed by atoms with Crippen LogP contribution in [0.3, 0.4) is 0 Å². The van der Waals surface area contributed by atoms with E-state index >= 15 is 0 Å². The smallest absolute Gasteiger partial charge is 0.145 e. The molecule has 236 valence electrons. The molecule has 2 heteroatoms. The van der Waals surface area contributed by atoms with Crippen molar-refractivity contribution in [1.29, 1.82) is 0 Å². The van der Waals surface area contributed by atoms with Crippen molar-refractivity contribution in [1.82, 2.24) is 9.55 Å². The van der Waals surface area contributed by atoms with E-state index in [1.165, 1.54) is 0 Å². The Morgan fingerprint density at radius 2 is 1.16 bits per heavy atom. The van der Waals surface area contributed by atoms with Gasteiger partial charge in [0.2, 0.25) is 0 Å². The van der Waals surface area contributed by atoms with Gasteiger partial charge in [-0.25, -0.2) is 4.98 Å². The van der Waals surface area contributed by atoms with Crippen molar-refractivity contribution in [3.8, 4) is 50.5 Å². The Labute approximate surface area is 308 Å². The van der Waals surface area contributed by atoms with Crippen molar-refractivity contribution in [3.05, 3.63) is 181 Å². The maximum absolute atomic E-state index is 9.89. The summed E-state index contributed by atoms with van der Waals surface area (Å²) >= 11 is 0. The fraction of sp³-hybridized carbons (Fsp3) is 0.0625. The summed E-state index contributed by atoms with van der Waals surface area (Å²) in [6, 6.07) is 26.6. The summed E-state index contributed by atoms with van der Waals surface area (Å²) < 4.78 is 108. The van der Waals surface area contributed by atoms with Crippen molar-refractivity contribution in [2.45, 2.75) is 19.3 Å². The molecule has 0 spiro atoms. The van der Waals surface area contributed by atoms with Gasteiger partial charge in [-0.2, -0.15) is 0 Å². The predicted octanol–water partition coefficient (Wildman–Crippen LogP) is 12.6. The second-order valence-electron chi connectivity index (χ2n) is 13.0. The van der Waals surface area contributed by atoms with Gasteiger partial charge in [-0.15, -0.1) is 0 Å². The molecule has 0 atom stereocenters. The molecular formula is C48H34N2. The van der Waals surface area contributed by atoms with Crippen LogP contribution in [0, 0.1) is 0 Å². The van der Waals surface area contributed by atoms with Gasteiger partial charge in [0, 0.05) is 16.7 Å². The summed E-state index contributed by atoms with van der Waals surface area (Å²) in [5, 5.41) is 3.04. The van der Waals surface area contributed by atoms with Gasteiger partial charge in [0.25, 0.3) is 0 Å². The summed E-state index contributed by atoms with van der Waals surface area (Å²) in [6.07, 6.45) is 0. The highest BCUT2D eigenvalue weighted by atomic mass is 15.1. The molecule has 1 aromatic heterocycles. The van der Waals surface area contributed by atoms with E-state index in [4.69, 9.17) is 17.3 Å². The zero-order valence-corrected chi connectivity index (χ0v) is 27.1. The lowest BCUT2D eigenvalue weighted by Crippen LogP contribution is -2.14. The molecule has 0 bridgehead atoms. The number of rotatable bonds is 4. The molecule has 2 nitrogen and oxygen atoms in total. The zero-order valence-electron chi connectivity index (χ0n) is 39.1. The third-order valence-electron chi connectivity index (χ3n) is 9.86. The van der Waals surface area contributed by atoms with Crippen molar-refractivity contribution < 1.29 is 16.4 Å². The molecule has 0 saturated carbocycles. The minimum atomic E-state index is -1.09. The molecule has 10 rings (SSSR count). The Morgan fingerprint density at radius 3 is 1.90 bits per heavy atom. The quantitative estimate of drug-likeness (QED) is 0.173. The van der Waals surface area contributed by atoms with E-state index in [0.29, 0.717) is 33.4 Å². The first-order valence-electron chi connectivity index (χ1n) is 22.4. The first kappa shape index (κ1) is 19.1. The highest BCUT2D eigenvalue weighted by Gasteiger charge is 2.35. The summed E-state index contributed by atoms with van der Waals surface area (Å²) in [6.45, 7) is 3.62. The fourth-order valence-electron chi connectivity index (χ4n) is 7.61. The number of para-hydroxylation sites is 2. The van der Waals surface area contributed by atoms with Crippen LogP contribution >= 0.6 is 0 Å².